The summed E-state index contributed by atoms with van der Waals surface area (Å²) >= 11 is 3.36. The molecule has 3 N–H and O–H groups in total. The van der Waals surface area contributed by atoms with Gasteiger partial charge < -0.3 is 15.4 Å². The van der Waals surface area contributed by atoms with Crippen LogP contribution in [-0.2, 0) is 14.4 Å². The summed E-state index contributed by atoms with van der Waals surface area (Å²) in [5.74, 6) is -1.53. The number of nitrogens with one attached hydrogen (secondary N) is 3. The summed E-state index contributed by atoms with van der Waals surface area (Å²) in [6.45, 7) is 5.92. The van der Waals surface area contributed by atoms with Crippen LogP contribution in [0.5, 0.6) is 5.75 Å². The Morgan fingerprint density at radius 2 is 1.81 bits per heavy atom. The van der Waals surface area contributed by atoms with Crippen LogP contribution in [0.25, 0.3) is 0 Å². The topological polar surface area (TPSA) is 109 Å². The third kappa shape index (κ3) is 7.53. The third-order valence-electron chi connectivity index (χ3n) is 4.19. The lowest BCUT2D eigenvalue weighted by Gasteiger charge is -2.13. The minimum atomic E-state index is -0.866. The normalized spacial score (nSPS) is 10.6. The maximum Gasteiger partial charge on any atom is 0.329 e. The fourth-order valence-corrected chi connectivity index (χ4v) is 2.99. The van der Waals surface area contributed by atoms with Gasteiger partial charge in [0.05, 0.1) is 6.21 Å². The minimum Gasteiger partial charge on any atom is -0.483 e. The largest absolute Gasteiger partial charge is 0.483 e. The molecule has 31 heavy (non-hydrogen) atoms. The zero-order valence-electron chi connectivity index (χ0n) is 17.6. The number of anilines is 1. The van der Waals surface area contributed by atoms with Crippen molar-refractivity contribution < 1.29 is 19.1 Å². The third-order valence-corrected chi connectivity index (χ3v) is 4.68. The van der Waals surface area contributed by atoms with Gasteiger partial charge in [0.15, 0.2) is 6.61 Å². The van der Waals surface area contributed by atoms with Crippen LogP contribution in [-0.4, -0.2) is 37.1 Å². The Balaban J connectivity index is 2.00. The van der Waals surface area contributed by atoms with Gasteiger partial charge in [-0.25, -0.2) is 5.43 Å². The first-order chi connectivity index (χ1) is 14.8. The molecule has 0 aliphatic carbocycles. The van der Waals surface area contributed by atoms with E-state index >= 15 is 0 Å². The number of aryl methyl sites for hydroxylation is 2. The van der Waals surface area contributed by atoms with E-state index in [1.165, 1.54) is 6.21 Å². The van der Waals surface area contributed by atoms with Crippen LogP contribution < -0.4 is 20.8 Å². The molecule has 0 unspecified atom stereocenters. The van der Waals surface area contributed by atoms with E-state index in [9.17, 15) is 14.4 Å². The summed E-state index contributed by atoms with van der Waals surface area (Å²) < 4.78 is 6.41. The molecule has 0 bridgehead atoms. The van der Waals surface area contributed by atoms with Gasteiger partial charge in [0, 0.05) is 22.3 Å². The molecule has 2 rings (SSSR count). The lowest BCUT2D eigenvalue weighted by molar-refractivity contribution is -0.139. The summed E-state index contributed by atoms with van der Waals surface area (Å²) in [6, 6.07) is 10.9. The highest BCUT2D eigenvalue weighted by atomic mass is 79.9. The second-order valence-electron chi connectivity index (χ2n) is 6.74. The number of amides is 3. The van der Waals surface area contributed by atoms with E-state index in [-0.39, 0.29) is 12.5 Å². The average molecular weight is 489 g/mol. The first-order valence-corrected chi connectivity index (χ1v) is 10.5. The van der Waals surface area contributed by atoms with Crippen LogP contribution in [0.2, 0.25) is 0 Å². The zero-order valence-corrected chi connectivity index (χ0v) is 19.2. The molecular formula is C22H25BrN4O4. The van der Waals surface area contributed by atoms with Gasteiger partial charge in [-0.15, -0.1) is 0 Å². The molecule has 2 aromatic carbocycles. The van der Waals surface area contributed by atoms with Gasteiger partial charge >= 0.3 is 11.8 Å². The summed E-state index contributed by atoms with van der Waals surface area (Å²) in [5.41, 5.74) is 5.37. The minimum absolute atomic E-state index is 0.206. The van der Waals surface area contributed by atoms with E-state index in [1.807, 2.05) is 39.0 Å². The summed E-state index contributed by atoms with van der Waals surface area (Å²) in [7, 11) is 0. The molecule has 0 aromatic heterocycles. The number of hydrogen-bond donors (Lipinski definition) is 3. The van der Waals surface area contributed by atoms with Crippen molar-refractivity contribution in [2.75, 3.05) is 18.5 Å². The van der Waals surface area contributed by atoms with Crippen molar-refractivity contribution in [3.63, 3.8) is 0 Å². The van der Waals surface area contributed by atoms with Gasteiger partial charge in [-0.05, 0) is 49.6 Å². The summed E-state index contributed by atoms with van der Waals surface area (Å²) in [5, 5.41) is 9.12. The van der Waals surface area contributed by atoms with Crippen molar-refractivity contribution in [2.24, 2.45) is 5.10 Å². The molecule has 2 aromatic rings. The number of carbonyl (C=O) groups is 3. The number of hydrazone groups is 1. The van der Waals surface area contributed by atoms with Crippen LogP contribution in [0.1, 0.15) is 30.0 Å². The first kappa shape index (κ1) is 24.1. The molecule has 9 heteroatoms. The summed E-state index contributed by atoms with van der Waals surface area (Å²) in [4.78, 5) is 35.6. The highest BCUT2D eigenvalue weighted by Gasteiger charge is 2.12. The number of rotatable bonds is 8. The van der Waals surface area contributed by atoms with E-state index in [4.69, 9.17) is 4.74 Å². The number of para-hydroxylation sites is 1. The molecule has 0 saturated heterocycles. The molecule has 0 aliphatic heterocycles. The number of ether oxygens (including phenoxy) is 1. The fraction of sp³-hybridized carbons (Fsp3) is 0.273. The summed E-state index contributed by atoms with van der Waals surface area (Å²) in [6.07, 6.45) is 2.06. The van der Waals surface area contributed by atoms with Gasteiger partial charge in [0.2, 0.25) is 0 Å². The van der Waals surface area contributed by atoms with Crippen molar-refractivity contribution in [2.45, 2.75) is 27.2 Å². The van der Waals surface area contributed by atoms with Crippen molar-refractivity contribution >= 4 is 45.6 Å². The Kier molecular flexibility index (Phi) is 9.20. The van der Waals surface area contributed by atoms with Gasteiger partial charge in [-0.2, -0.15) is 5.10 Å². The van der Waals surface area contributed by atoms with Crippen molar-refractivity contribution in [1.29, 1.82) is 0 Å². The molecule has 0 heterocycles. The number of carbonyl (C=O) groups excluding carboxylic acids is 3. The van der Waals surface area contributed by atoms with Crippen LogP contribution in [0.3, 0.4) is 0 Å². The Bertz CT molecular complexity index is 971. The lowest BCUT2D eigenvalue weighted by Crippen LogP contribution is -2.38. The second-order valence-corrected chi connectivity index (χ2v) is 7.66. The number of nitrogens with zero attached hydrogens (tertiary/aromatic N) is 1. The Hall–Kier alpha value is -3.20. The smallest absolute Gasteiger partial charge is 0.329 e. The van der Waals surface area contributed by atoms with Gasteiger partial charge in [-0.1, -0.05) is 41.1 Å². The van der Waals surface area contributed by atoms with E-state index in [0.717, 1.165) is 27.7 Å². The molecule has 0 aliphatic rings. The van der Waals surface area contributed by atoms with Crippen LogP contribution in [0.15, 0.2) is 46.0 Å². The molecule has 0 fully saturated rings. The van der Waals surface area contributed by atoms with Crippen LogP contribution in [0, 0.1) is 13.8 Å². The molecule has 3 amide bonds. The SMILES string of the molecule is CCCNC(=O)C(=O)N/N=C\c1cc(Br)ccc1OCC(=O)Nc1c(C)cccc1C. The predicted molar refractivity (Wildman–Crippen MR) is 123 cm³/mol. The number of hydrogen-bond acceptors (Lipinski definition) is 5. The van der Waals surface area contributed by atoms with Crippen LogP contribution in [0.4, 0.5) is 5.69 Å². The molecule has 0 saturated carbocycles. The molecule has 164 valence electrons. The Morgan fingerprint density at radius 1 is 1.10 bits per heavy atom. The van der Waals surface area contributed by atoms with E-state index in [1.54, 1.807) is 18.2 Å². The molecule has 0 radical (unpaired) electrons. The van der Waals surface area contributed by atoms with Crippen molar-refractivity contribution in [3.05, 3.63) is 57.6 Å². The maximum atomic E-state index is 12.4. The van der Waals surface area contributed by atoms with Gasteiger partial charge in [0.1, 0.15) is 5.75 Å². The van der Waals surface area contributed by atoms with Crippen LogP contribution >= 0.6 is 15.9 Å². The standard InChI is InChI=1S/C22H25BrN4O4/c1-4-10-24-21(29)22(30)27-25-12-16-11-17(23)8-9-18(16)31-13-19(28)26-20-14(2)6-5-7-15(20)3/h5-9,11-12H,4,10,13H2,1-3H3,(H,24,29)(H,26,28)(H,27,30)/b25-12-. The second kappa shape index (κ2) is 11.8. The van der Waals surface area contributed by atoms with E-state index < -0.39 is 11.8 Å². The quantitative estimate of drug-likeness (QED) is 0.301. The first-order valence-electron chi connectivity index (χ1n) is 9.71. The van der Waals surface area contributed by atoms with E-state index in [0.29, 0.717) is 17.9 Å². The predicted octanol–water partition coefficient (Wildman–Crippen LogP) is 3.06. The molecule has 8 nitrogen and oxygen atoms in total. The Labute approximate surface area is 189 Å². The Morgan fingerprint density at radius 3 is 2.48 bits per heavy atom. The van der Waals surface area contributed by atoms with E-state index in [2.05, 4.69) is 37.1 Å². The van der Waals surface area contributed by atoms with Gasteiger partial charge in [-0.3, -0.25) is 14.4 Å². The highest BCUT2D eigenvalue weighted by Crippen LogP contribution is 2.22. The monoisotopic (exact) mass is 488 g/mol. The van der Waals surface area contributed by atoms with Crippen molar-refractivity contribution in [3.8, 4) is 5.75 Å². The molecule has 0 spiro atoms. The van der Waals surface area contributed by atoms with Gasteiger partial charge in [0.25, 0.3) is 5.91 Å². The average Bonchev–Trinajstić information content (AvgIpc) is 2.74. The maximum absolute atomic E-state index is 12.4. The van der Waals surface area contributed by atoms with Crippen molar-refractivity contribution in [1.82, 2.24) is 10.7 Å². The highest BCUT2D eigenvalue weighted by molar-refractivity contribution is 9.10. The fourth-order valence-electron chi connectivity index (χ4n) is 2.61. The number of benzene rings is 2. The molecule has 0 atom stereocenters. The molecular weight excluding hydrogens is 464 g/mol. The zero-order chi connectivity index (χ0) is 22.8. The number of halogens is 1. The lowest BCUT2D eigenvalue weighted by atomic mass is 10.1.